The minimum Gasteiger partial charge on any atom is -0.406 e. The van der Waals surface area contributed by atoms with Crippen LogP contribution in [0.25, 0.3) is 0 Å². The van der Waals surface area contributed by atoms with Crippen molar-refractivity contribution in [1.29, 1.82) is 0 Å². The summed E-state index contributed by atoms with van der Waals surface area (Å²) in [7, 11) is 0. The van der Waals surface area contributed by atoms with Crippen molar-refractivity contribution in [2.45, 2.75) is 30.8 Å². The monoisotopic (exact) mass is 514 g/mol. The van der Waals surface area contributed by atoms with Crippen LogP contribution in [0.3, 0.4) is 0 Å². The van der Waals surface area contributed by atoms with Gasteiger partial charge in [-0.3, -0.25) is 9.69 Å². The summed E-state index contributed by atoms with van der Waals surface area (Å²) in [5.74, 6) is -0.158. The number of benzene rings is 1. The van der Waals surface area contributed by atoms with Crippen LogP contribution in [-0.4, -0.2) is 78.3 Å². The zero-order valence-corrected chi connectivity index (χ0v) is 19.6. The summed E-state index contributed by atoms with van der Waals surface area (Å²) in [5, 5.41) is 13.2. The third-order valence-electron chi connectivity index (χ3n) is 6.17. The summed E-state index contributed by atoms with van der Waals surface area (Å²) >= 11 is 5.82. The van der Waals surface area contributed by atoms with Crippen LogP contribution < -0.4 is 15.0 Å². The van der Waals surface area contributed by atoms with Gasteiger partial charge in [0.15, 0.2) is 0 Å². The van der Waals surface area contributed by atoms with E-state index in [0.29, 0.717) is 50.0 Å². The number of nitrogens with one attached hydrogen (secondary N) is 1. The first kappa shape index (κ1) is 25.5. The van der Waals surface area contributed by atoms with Crippen molar-refractivity contribution in [1.82, 2.24) is 9.88 Å². The van der Waals surface area contributed by atoms with Gasteiger partial charge in [-0.2, -0.15) is 0 Å². The lowest BCUT2D eigenvalue weighted by molar-refractivity contribution is -0.274. The van der Waals surface area contributed by atoms with Gasteiger partial charge in [0, 0.05) is 50.5 Å². The van der Waals surface area contributed by atoms with E-state index in [-0.39, 0.29) is 24.7 Å². The van der Waals surface area contributed by atoms with Crippen molar-refractivity contribution >= 4 is 29.0 Å². The smallest absolute Gasteiger partial charge is 0.406 e. The van der Waals surface area contributed by atoms with Gasteiger partial charge in [-0.1, -0.05) is 11.6 Å². The highest BCUT2D eigenvalue weighted by Gasteiger charge is 2.44. The molecular weight excluding hydrogens is 489 g/mol. The lowest BCUT2D eigenvalue weighted by Crippen LogP contribution is -2.57. The molecular formula is C23H26ClF3N4O4. The summed E-state index contributed by atoms with van der Waals surface area (Å²) in [6.07, 6.45) is -2.50. The number of nitrogens with zero attached hydrogens (tertiary/aromatic N) is 3. The molecule has 8 nitrogen and oxygen atoms in total. The van der Waals surface area contributed by atoms with Gasteiger partial charge in [-0.25, -0.2) is 4.98 Å². The maximum absolute atomic E-state index is 12.5. The van der Waals surface area contributed by atoms with Crippen LogP contribution in [-0.2, 0) is 9.53 Å². The molecule has 1 aromatic carbocycles. The van der Waals surface area contributed by atoms with Crippen molar-refractivity contribution < 1.29 is 32.5 Å². The van der Waals surface area contributed by atoms with Gasteiger partial charge < -0.3 is 24.8 Å². The maximum atomic E-state index is 12.5. The predicted octanol–water partition coefficient (Wildman–Crippen LogP) is 3.30. The van der Waals surface area contributed by atoms with E-state index in [1.807, 2.05) is 4.90 Å². The van der Waals surface area contributed by atoms with Crippen molar-refractivity contribution in [3.8, 4) is 5.75 Å². The molecule has 0 radical (unpaired) electrons. The fourth-order valence-corrected chi connectivity index (χ4v) is 4.64. The number of amides is 1. The Bertz CT molecular complexity index is 1010. The van der Waals surface area contributed by atoms with Crippen molar-refractivity contribution in [2.75, 3.05) is 49.6 Å². The van der Waals surface area contributed by atoms with Gasteiger partial charge in [0.1, 0.15) is 11.6 Å². The Morgan fingerprint density at radius 2 is 2.00 bits per heavy atom. The Morgan fingerprint density at radius 3 is 2.66 bits per heavy atom. The lowest BCUT2D eigenvalue weighted by Gasteiger charge is -2.43. The normalized spacial score (nSPS) is 21.8. The van der Waals surface area contributed by atoms with Gasteiger partial charge in [0.05, 0.1) is 23.8 Å². The first-order chi connectivity index (χ1) is 16.6. The number of aromatic nitrogens is 1. The number of halogens is 4. The van der Waals surface area contributed by atoms with Crippen LogP contribution >= 0.6 is 11.6 Å². The number of morpholine rings is 1. The van der Waals surface area contributed by atoms with E-state index in [4.69, 9.17) is 16.3 Å². The fraction of sp³-hybridized carbons (Fsp3) is 0.478. The molecule has 2 aliphatic heterocycles. The molecule has 2 fully saturated rings. The van der Waals surface area contributed by atoms with Crippen molar-refractivity contribution in [2.24, 2.45) is 0 Å². The fourth-order valence-electron chi connectivity index (χ4n) is 4.52. The summed E-state index contributed by atoms with van der Waals surface area (Å²) in [4.78, 5) is 20.7. The van der Waals surface area contributed by atoms with Gasteiger partial charge >= 0.3 is 6.36 Å². The van der Waals surface area contributed by atoms with Gasteiger partial charge in [-0.05, 0) is 42.8 Å². The maximum Gasteiger partial charge on any atom is 0.573 e. The van der Waals surface area contributed by atoms with Crippen LogP contribution in [0.5, 0.6) is 5.75 Å². The first-order valence-electron chi connectivity index (χ1n) is 11.2. The van der Waals surface area contributed by atoms with Crippen molar-refractivity contribution in [3.63, 3.8) is 0 Å². The zero-order chi connectivity index (χ0) is 25.1. The summed E-state index contributed by atoms with van der Waals surface area (Å²) < 4.78 is 47.3. The number of carbonyl (C=O) groups excluding carboxylic acids is 1. The number of hydrogen-bond acceptors (Lipinski definition) is 7. The minimum absolute atomic E-state index is 0.0846. The molecule has 2 atom stereocenters. The first-order valence-corrected chi connectivity index (χ1v) is 11.5. The second kappa shape index (κ2) is 10.6. The average molecular weight is 515 g/mol. The number of ether oxygens (including phenoxy) is 2. The molecule has 1 amide bonds. The Hall–Kier alpha value is -2.60. The Balaban J connectivity index is 1.35. The lowest BCUT2D eigenvalue weighted by atomic mass is 9.98. The minimum atomic E-state index is -4.73. The molecule has 2 unspecified atom stereocenters. The molecule has 2 aliphatic rings. The van der Waals surface area contributed by atoms with Gasteiger partial charge in [0.2, 0.25) is 5.91 Å². The van der Waals surface area contributed by atoms with E-state index >= 15 is 0 Å². The molecule has 1 spiro atoms. The third kappa shape index (κ3) is 6.75. The standard InChI is InChI=1S/C23H26ClF3N4O4/c24-16-1-6-20(28-12-16)29-21(33)11-18(13-32)31-9-10-34-22(15-31)7-8-30(14-22)17-2-4-19(5-3-17)35-23(25,26)27/h1-6,12,18,32H,7-11,13-15H2,(H,28,29,33). The highest BCUT2D eigenvalue weighted by atomic mass is 35.5. The predicted molar refractivity (Wildman–Crippen MR) is 124 cm³/mol. The van der Waals surface area contributed by atoms with E-state index in [9.17, 15) is 23.1 Å². The molecule has 190 valence electrons. The Labute approximate surface area is 205 Å². The largest absolute Gasteiger partial charge is 0.573 e. The van der Waals surface area contributed by atoms with Gasteiger partial charge in [0.25, 0.3) is 0 Å². The zero-order valence-electron chi connectivity index (χ0n) is 18.8. The summed E-state index contributed by atoms with van der Waals surface area (Å²) in [5.41, 5.74) is 0.270. The highest BCUT2D eigenvalue weighted by molar-refractivity contribution is 6.30. The number of aliphatic hydroxyl groups excluding tert-OH is 1. The number of aliphatic hydroxyl groups is 1. The molecule has 1 aromatic heterocycles. The number of rotatable bonds is 7. The number of alkyl halides is 3. The highest BCUT2D eigenvalue weighted by Crippen LogP contribution is 2.34. The third-order valence-corrected chi connectivity index (χ3v) is 6.40. The van der Waals surface area contributed by atoms with Gasteiger partial charge in [-0.15, -0.1) is 13.2 Å². The molecule has 35 heavy (non-hydrogen) atoms. The molecule has 4 rings (SSSR count). The second-order valence-corrected chi connectivity index (χ2v) is 9.10. The van der Waals surface area contributed by atoms with Crippen LogP contribution in [0, 0.1) is 0 Å². The molecule has 2 N–H and O–H groups in total. The second-order valence-electron chi connectivity index (χ2n) is 8.67. The molecule has 0 aliphatic carbocycles. The molecule has 2 saturated heterocycles. The number of hydrogen-bond donors (Lipinski definition) is 2. The number of carbonyl (C=O) groups is 1. The van der Waals surface area contributed by atoms with E-state index in [2.05, 4.69) is 19.9 Å². The van der Waals surface area contributed by atoms with E-state index in [1.165, 1.54) is 18.3 Å². The Kier molecular flexibility index (Phi) is 7.70. The van der Waals surface area contributed by atoms with E-state index in [0.717, 1.165) is 5.69 Å². The summed E-state index contributed by atoms with van der Waals surface area (Å²) in [6, 6.07) is 8.60. The summed E-state index contributed by atoms with van der Waals surface area (Å²) in [6.45, 7) is 2.56. The van der Waals surface area contributed by atoms with Crippen LogP contribution in [0.1, 0.15) is 12.8 Å². The number of anilines is 2. The van der Waals surface area contributed by atoms with E-state index in [1.54, 1.807) is 24.3 Å². The van der Waals surface area contributed by atoms with Crippen LogP contribution in [0.15, 0.2) is 42.6 Å². The average Bonchev–Trinajstić information content (AvgIpc) is 3.21. The Morgan fingerprint density at radius 1 is 1.23 bits per heavy atom. The van der Waals surface area contributed by atoms with E-state index < -0.39 is 18.0 Å². The topological polar surface area (TPSA) is 87.2 Å². The molecule has 3 heterocycles. The number of pyridine rings is 1. The molecule has 0 saturated carbocycles. The van der Waals surface area contributed by atoms with Crippen LogP contribution in [0.2, 0.25) is 5.02 Å². The van der Waals surface area contributed by atoms with Crippen molar-refractivity contribution in [3.05, 3.63) is 47.6 Å². The molecule has 2 aromatic rings. The quantitative estimate of drug-likeness (QED) is 0.586. The SMILES string of the molecule is O=C(CC(CO)N1CCOC2(CCN(c3ccc(OC(F)(F)F)cc3)C2)C1)Nc1ccc(Cl)cn1. The van der Waals surface area contributed by atoms with Crippen LogP contribution in [0.4, 0.5) is 24.7 Å². The molecule has 0 bridgehead atoms. The molecule has 12 heteroatoms.